The first kappa shape index (κ1) is 11.2. The second-order valence-corrected chi connectivity index (χ2v) is 3.70. The number of carbonyl (C=O) groups excluding carboxylic acids is 1. The number of terminal acetylenes is 1. The van der Waals surface area contributed by atoms with E-state index in [1.807, 2.05) is 6.07 Å². The van der Waals surface area contributed by atoms with E-state index < -0.39 is 0 Å². The molecule has 17 heavy (non-hydrogen) atoms. The van der Waals surface area contributed by atoms with E-state index in [0.29, 0.717) is 18.5 Å². The summed E-state index contributed by atoms with van der Waals surface area (Å²) in [5.74, 6) is 2.45. The summed E-state index contributed by atoms with van der Waals surface area (Å²) in [6.45, 7) is 0.601. The van der Waals surface area contributed by atoms with Crippen LogP contribution >= 0.6 is 0 Å². The third-order valence-electron chi connectivity index (χ3n) is 2.47. The van der Waals surface area contributed by atoms with Crippen molar-refractivity contribution in [3.8, 4) is 12.3 Å². The molecule has 2 rings (SSSR count). The fourth-order valence-corrected chi connectivity index (χ4v) is 1.57. The van der Waals surface area contributed by atoms with Crippen LogP contribution in [0.15, 0.2) is 24.5 Å². The highest BCUT2D eigenvalue weighted by Crippen LogP contribution is 2.11. The molecule has 0 saturated carbocycles. The van der Waals surface area contributed by atoms with E-state index in [4.69, 9.17) is 6.42 Å². The third kappa shape index (κ3) is 2.64. The molecule has 0 fully saturated rings. The Morgan fingerprint density at radius 1 is 1.53 bits per heavy atom. The zero-order chi connectivity index (χ0) is 12.1. The minimum Gasteiger partial charge on any atom is -0.352 e. The van der Waals surface area contributed by atoms with Crippen molar-refractivity contribution in [3.63, 3.8) is 0 Å². The van der Waals surface area contributed by atoms with Gasteiger partial charge in [-0.1, -0.05) is 0 Å². The quantitative estimate of drug-likeness (QED) is 0.617. The van der Waals surface area contributed by atoms with Gasteiger partial charge in [0.25, 0.3) is 5.91 Å². The van der Waals surface area contributed by atoms with Gasteiger partial charge in [-0.15, -0.1) is 12.3 Å². The number of aromatic amines is 1. The second-order valence-electron chi connectivity index (χ2n) is 3.70. The van der Waals surface area contributed by atoms with Crippen molar-refractivity contribution in [1.82, 2.24) is 15.3 Å². The standard InChI is InChI=1S/C13H13N3O/c1-2-3-4-7-14-13(17)10-5-6-11-12(8-10)16-9-15-11/h1,5-6,8-9H,3-4,7H2,(H,14,17)(H,15,16). The van der Waals surface area contributed by atoms with Crippen LogP contribution in [0.5, 0.6) is 0 Å². The molecule has 0 atom stereocenters. The molecule has 0 radical (unpaired) electrons. The topological polar surface area (TPSA) is 57.8 Å². The van der Waals surface area contributed by atoms with E-state index in [1.54, 1.807) is 18.5 Å². The number of fused-ring (bicyclic) bond motifs is 1. The summed E-state index contributed by atoms with van der Waals surface area (Å²) >= 11 is 0. The summed E-state index contributed by atoms with van der Waals surface area (Å²) in [5, 5.41) is 2.82. The molecule has 0 unspecified atom stereocenters. The number of nitrogens with zero attached hydrogens (tertiary/aromatic N) is 1. The van der Waals surface area contributed by atoms with Crippen molar-refractivity contribution in [2.24, 2.45) is 0 Å². The van der Waals surface area contributed by atoms with Gasteiger partial charge in [-0.05, 0) is 24.6 Å². The average molecular weight is 227 g/mol. The van der Waals surface area contributed by atoms with Gasteiger partial charge in [0.1, 0.15) is 0 Å². The number of imidazole rings is 1. The zero-order valence-corrected chi connectivity index (χ0v) is 9.36. The predicted octanol–water partition coefficient (Wildman–Crippen LogP) is 1.71. The molecule has 0 spiro atoms. The van der Waals surface area contributed by atoms with Crippen LogP contribution in [0, 0.1) is 12.3 Å². The van der Waals surface area contributed by atoms with Gasteiger partial charge < -0.3 is 10.3 Å². The van der Waals surface area contributed by atoms with E-state index in [9.17, 15) is 4.79 Å². The van der Waals surface area contributed by atoms with Crippen LogP contribution in [-0.2, 0) is 0 Å². The summed E-state index contributed by atoms with van der Waals surface area (Å²) in [7, 11) is 0. The van der Waals surface area contributed by atoms with Gasteiger partial charge in [0.15, 0.2) is 0 Å². The molecule has 4 heteroatoms. The third-order valence-corrected chi connectivity index (χ3v) is 2.47. The lowest BCUT2D eigenvalue weighted by atomic mass is 10.2. The van der Waals surface area contributed by atoms with Gasteiger partial charge in [-0.25, -0.2) is 4.98 Å². The summed E-state index contributed by atoms with van der Waals surface area (Å²) in [6, 6.07) is 5.38. The molecule has 0 bridgehead atoms. The van der Waals surface area contributed by atoms with Crippen LogP contribution < -0.4 is 5.32 Å². The van der Waals surface area contributed by atoms with Crippen molar-refractivity contribution < 1.29 is 4.79 Å². The van der Waals surface area contributed by atoms with Gasteiger partial charge in [0.05, 0.1) is 17.4 Å². The molecule has 1 aromatic heterocycles. The van der Waals surface area contributed by atoms with E-state index in [-0.39, 0.29) is 5.91 Å². The van der Waals surface area contributed by atoms with Gasteiger partial charge in [0, 0.05) is 18.5 Å². The van der Waals surface area contributed by atoms with Crippen LogP contribution in [0.2, 0.25) is 0 Å². The molecular formula is C13H13N3O. The number of carbonyl (C=O) groups is 1. The summed E-state index contributed by atoms with van der Waals surface area (Å²) in [5.41, 5.74) is 2.35. The summed E-state index contributed by atoms with van der Waals surface area (Å²) < 4.78 is 0. The van der Waals surface area contributed by atoms with E-state index in [0.717, 1.165) is 17.5 Å². The normalized spacial score (nSPS) is 10.1. The minimum absolute atomic E-state index is 0.0847. The van der Waals surface area contributed by atoms with Gasteiger partial charge in [-0.2, -0.15) is 0 Å². The van der Waals surface area contributed by atoms with Crippen molar-refractivity contribution in [1.29, 1.82) is 0 Å². The summed E-state index contributed by atoms with van der Waals surface area (Å²) in [4.78, 5) is 18.8. The van der Waals surface area contributed by atoms with Crippen molar-refractivity contribution in [3.05, 3.63) is 30.1 Å². The van der Waals surface area contributed by atoms with Gasteiger partial charge >= 0.3 is 0 Å². The fraction of sp³-hybridized carbons (Fsp3) is 0.231. The molecule has 0 saturated heterocycles. The largest absolute Gasteiger partial charge is 0.352 e. The molecule has 2 N–H and O–H groups in total. The monoisotopic (exact) mass is 227 g/mol. The van der Waals surface area contributed by atoms with Crippen LogP contribution in [0.4, 0.5) is 0 Å². The number of unbranched alkanes of at least 4 members (excludes halogenated alkanes) is 1. The number of benzene rings is 1. The first-order valence-electron chi connectivity index (χ1n) is 5.46. The van der Waals surface area contributed by atoms with Gasteiger partial charge in [-0.3, -0.25) is 4.79 Å². The van der Waals surface area contributed by atoms with Crippen LogP contribution in [0.3, 0.4) is 0 Å². The Labute approximate surface area is 99.4 Å². The highest BCUT2D eigenvalue weighted by molar-refractivity contribution is 5.97. The number of H-pyrrole nitrogens is 1. The number of aromatic nitrogens is 2. The molecule has 2 aromatic rings. The Balaban J connectivity index is 2.01. The fourth-order valence-electron chi connectivity index (χ4n) is 1.57. The van der Waals surface area contributed by atoms with E-state index in [1.165, 1.54) is 0 Å². The Kier molecular flexibility index (Phi) is 3.41. The Morgan fingerprint density at radius 3 is 3.24 bits per heavy atom. The molecule has 1 heterocycles. The smallest absolute Gasteiger partial charge is 0.251 e. The highest BCUT2D eigenvalue weighted by Gasteiger charge is 2.06. The lowest BCUT2D eigenvalue weighted by Gasteiger charge is -2.03. The molecule has 86 valence electrons. The molecule has 0 aliphatic rings. The van der Waals surface area contributed by atoms with Crippen LogP contribution in [0.25, 0.3) is 11.0 Å². The van der Waals surface area contributed by atoms with Crippen molar-refractivity contribution in [2.45, 2.75) is 12.8 Å². The maximum absolute atomic E-state index is 11.8. The Hall–Kier alpha value is -2.28. The number of nitrogens with one attached hydrogen (secondary N) is 2. The van der Waals surface area contributed by atoms with Gasteiger partial charge in [0.2, 0.25) is 0 Å². The molecule has 1 amide bonds. The number of amides is 1. The molecule has 1 aromatic carbocycles. The van der Waals surface area contributed by atoms with Crippen LogP contribution in [-0.4, -0.2) is 22.4 Å². The molecule has 0 aliphatic carbocycles. The average Bonchev–Trinajstić information content (AvgIpc) is 2.81. The maximum atomic E-state index is 11.8. The van der Waals surface area contributed by atoms with Crippen molar-refractivity contribution in [2.75, 3.05) is 6.54 Å². The van der Waals surface area contributed by atoms with Crippen molar-refractivity contribution >= 4 is 16.9 Å². The first-order chi connectivity index (χ1) is 8.31. The Bertz CT molecular complexity index is 565. The first-order valence-corrected chi connectivity index (χ1v) is 5.46. The second kappa shape index (κ2) is 5.17. The highest BCUT2D eigenvalue weighted by atomic mass is 16.1. The van der Waals surface area contributed by atoms with Crippen LogP contribution in [0.1, 0.15) is 23.2 Å². The number of hydrogen-bond donors (Lipinski definition) is 2. The minimum atomic E-state index is -0.0847. The SMILES string of the molecule is C#CCCCNC(=O)c1ccc2nc[nH]c2c1. The number of rotatable bonds is 4. The molecular weight excluding hydrogens is 214 g/mol. The lowest BCUT2D eigenvalue weighted by molar-refractivity contribution is 0.0953. The van der Waals surface area contributed by atoms with E-state index in [2.05, 4.69) is 21.2 Å². The Morgan fingerprint density at radius 2 is 2.41 bits per heavy atom. The molecule has 0 aliphatic heterocycles. The zero-order valence-electron chi connectivity index (χ0n) is 9.36. The van der Waals surface area contributed by atoms with E-state index >= 15 is 0 Å². The predicted molar refractivity (Wildman–Crippen MR) is 66.5 cm³/mol. The molecule has 4 nitrogen and oxygen atoms in total. The number of hydrogen-bond acceptors (Lipinski definition) is 2. The lowest BCUT2D eigenvalue weighted by Crippen LogP contribution is -2.24. The summed E-state index contributed by atoms with van der Waals surface area (Å²) in [6.07, 6.45) is 8.22. The maximum Gasteiger partial charge on any atom is 0.251 e.